The topological polar surface area (TPSA) is 67.2 Å². The van der Waals surface area contributed by atoms with Crippen LogP contribution >= 0.6 is 11.6 Å². The first-order valence-electron chi connectivity index (χ1n) is 8.58. The van der Waals surface area contributed by atoms with E-state index >= 15 is 0 Å². The van der Waals surface area contributed by atoms with Crippen LogP contribution in [-0.2, 0) is 11.3 Å². The highest BCUT2D eigenvalue weighted by Gasteiger charge is 2.11. The number of carbonyl (C=O) groups excluding carboxylic acids is 1. The summed E-state index contributed by atoms with van der Waals surface area (Å²) in [5, 5.41) is 3.97. The van der Waals surface area contributed by atoms with Gasteiger partial charge in [-0.1, -0.05) is 23.7 Å². The number of carbonyl (C=O) groups is 1. The van der Waals surface area contributed by atoms with Crippen LogP contribution in [0.4, 0.5) is 11.4 Å². The summed E-state index contributed by atoms with van der Waals surface area (Å²) in [7, 11) is 3.78. The molecule has 0 fully saturated rings. The summed E-state index contributed by atoms with van der Waals surface area (Å²) in [4.78, 5) is 31.3. The number of benzene rings is 2. The Labute approximate surface area is 162 Å². The monoisotopic (exact) mass is 384 g/mol. The molecule has 1 aromatic heterocycles. The predicted molar refractivity (Wildman–Crippen MR) is 110 cm³/mol. The van der Waals surface area contributed by atoms with Crippen molar-refractivity contribution in [2.24, 2.45) is 0 Å². The summed E-state index contributed by atoms with van der Waals surface area (Å²) in [5.41, 5.74) is 2.99. The molecular formula is C20H21ClN4O2. The standard InChI is InChI=1S/C20H21ClN4O2/c1-13-5-4-6-15-19(13)22-12-25(20(15)27)10-9-18(26)23-16-11-14(21)7-8-17(16)24(2)3/h4-8,11-12H,9-10H2,1-3H3,(H,23,26). The molecule has 7 heteroatoms. The van der Waals surface area contributed by atoms with E-state index < -0.39 is 0 Å². The number of aromatic nitrogens is 2. The Hall–Kier alpha value is -2.86. The fourth-order valence-corrected chi connectivity index (χ4v) is 3.10. The van der Waals surface area contributed by atoms with Crippen molar-refractivity contribution in [1.29, 1.82) is 0 Å². The summed E-state index contributed by atoms with van der Waals surface area (Å²) in [5.74, 6) is -0.198. The van der Waals surface area contributed by atoms with Crippen LogP contribution in [0.5, 0.6) is 0 Å². The molecule has 2 aromatic carbocycles. The van der Waals surface area contributed by atoms with Gasteiger partial charge in [-0.25, -0.2) is 4.98 Å². The fraction of sp³-hybridized carbons (Fsp3) is 0.250. The van der Waals surface area contributed by atoms with Gasteiger partial charge in [0.2, 0.25) is 5.91 Å². The maximum Gasteiger partial charge on any atom is 0.261 e. The molecule has 0 aliphatic rings. The fourth-order valence-electron chi connectivity index (χ4n) is 2.93. The van der Waals surface area contributed by atoms with Gasteiger partial charge in [-0.3, -0.25) is 14.2 Å². The Balaban J connectivity index is 1.75. The van der Waals surface area contributed by atoms with Crippen LogP contribution in [0.15, 0.2) is 47.5 Å². The van der Waals surface area contributed by atoms with E-state index in [2.05, 4.69) is 10.3 Å². The largest absolute Gasteiger partial charge is 0.376 e. The number of fused-ring (bicyclic) bond motifs is 1. The molecule has 0 unspecified atom stereocenters. The first kappa shape index (κ1) is 18.9. The van der Waals surface area contributed by atoms with Gasteiger partial charge in [0, 0.05) is 32.1 Å². The lowest BCUT2D eigenvalue weighted by atomic mass is 10.1. The number of hydrogen-bond acceptors (Lipinski definition) is 4. The number of anilines is 2. The Morgan fingerprint density at radius 3 is 2.78 bits per heavy atom. The lowest BCUT2D eigenvalue weighted by Gasteiger charge is -2.18. The number of nitrogens with zero attached hydrogens (tertiary/aromatic N) is 3. The van der Waals surface area contributed by atoms with Crippen LogP contribution in [0.3, 0.4) is 0 Å². The number of nitrogens with one attached hydrogen (secondary N) is 1. The van der Waals surface area contributed by atoms with E-state index in [0.717, 1.165) is 11.3 Å². The summed E-state index contributed by atoms with van der Waals surface area (Å²) in [6, 6.07) is 10.8. The second-order valence-electron chi connectivity index (χ2n) is 6.57. The maximum atomic E-state index is 12.6. The van der Waals surface area contributed by atoms with Crippen LogP contribution in [0.2, 0.25) is 5.02 Å². The van der Waals surface area contributed by atoms with Gasteiger partial charge < -0.3 is 10.2 Å². The molecule has 0 spiro atoms. The van der Waals surface area contributed by atoms with Crippen LogP contribution in [-0.4, -0.2) is 29.6 Å². The summed E-state index contributed by atoms with van der Waals surface area (Å²) in [6.07, 6.45) is 1.65. The second-order valence-corrected chi connectivity index (χ2v) is 7.00. The SMILES string of the molecule is Cc1cccc2c(=O)n(CCC(=O)Nc3cc(Cl)ccc3N(C)C)cnc12. The molecule has 0 saturated carbocycles. The van der Waals surface area contributed by atoms with E-state index in [1.54, 1.807) is 18.2 Å². The number of hydrogen-bond donors (Lipinski definition) is 1. The third-order valence-corrected chi connectivity index (χ3v) is 4.58. The highest BCUT2D eigenvalue weighted by atomic mass is 35.5. The average Bonchev–Trinajstić information content (AvgIpc) is 2.61. The molecule has 0 aliphatic heterocycles. The van der Waals surface area contributed by atoms with Crippen LogP contribution in [0.1, 0.15) is 12.0 Å². The van der Waals surface area contributed by atoms with Crippen molar-refractivity contribution in [2.45, 2.75) is 19.9 Å². The highest BCUT2D eigenvalue weighted by molar-refractivity contribution is 6.31. The van der Waals surface area contributed by atoms with E-state index in [9.17, 15) is 9.59 Å². The second kappa shape index (κ2) is 7.80. The molecule has 6 nitrogen and oxygen atoms in total. The summed E-state index contributed by atoms with van der Waals surface area (Å²) < 4.78 is 1.46. The van der Waals surface area contributed by atoms with Gasteiger partial charge in [0.1, 0.15) is 0 Å². The quantitative estimate of drug-likeness (QED) is 0.731. The van der Waals surface area contributed by atoms with Gasteiger partial charge >= 0.3 is 0 Å². The van der Waals surface area contributed by atoms with Gasteiger partial charge in [-0.15, -0.1) is 0 Å². The minimum Gasteiger partial charge on any atom is -0.376 e. The van der Waals surface area contributed by atoms with E-state index in [1.807, 2.05) is 44.1 Å². The molecule has 27 heavy (non-hydrogen) atoms. The molecule has 140 valence electrons. The highest BCUT2D eigenvalue weighted by Crippen LogP contribution is 2.27. The minimum atomic E-state index is -0.198. The van der Waals surface area contributed by atoms with E-state index in [-0.39, 0.29) is 24.4 Å². The summed E-state index contributed by atoms with van der Waals surface area (Å²) in [6.45, 7) is 2.17. The van der Waals surface area contributed by atoms with Crippen molar-refractivity contribution in [3.05, 3.63) is 63.7 Å². The normalized spacial score (nSPS) is 10.8. The van der Waals surface area contributed by atoms with E-state index in [0.29, 0.717) is 21.6 Å². The van der Waals surface area contributed by atoms with Crippen LogP contribution < -0.4 is 15.8 Å². The predicted octanol–water partition coefficient (Wildman–Crippen LogP) is 3.45. The first-order valence-corrected chi connectivity index (χ1v) is 8.96. The zero-order chi connectivity index (χ0) is 19.6. The Morgan fingerprint density at radius 2 is 2.04 bits per heavy atom. The Kier molecular flexibility index (Phi) is 5.46. The first-order chi connectivity index (χ1) is 12.9. The molecule has 0 aliphatic carbocycles. The van der Waals surface area contributed by atoms with E-state index in [4.69, 9.17) is 11.6 Å². The minimum absolute atomic E-state index is 0.145. The molecule has 0 radical (unpaired) electrons. The van der Waals surface area contributed by atoms with Crippen molar-refractivity contribution >= 4 is 39.8 Å². The molecule has 3 rings (SSSR count). The number of halogens is 1. The third kappa shape index (κ3) is 4.11. The van der Waals surface area contributed by atoms with Crippen molar-refractivity contribution in [3.8, 4) is 0 Å². The molecule has 1 heterocycles. The number of amides is 1. The van der Waals surface area contributed by atoms with Crippen molar-refractivity contribution in [2.75, 3.05) is 24.3 Å². The molecule has 3 aromatic rings. The maximum absolute atomic E-state index is 12.6. The smallest absolute Gasteiger partial charge is 0.261 e. The molecule has 1 N–H and O–H groups in total. The number of aryl methyl sites for hydroxylation is 2. The van der Waals surface area contributed by atoms with Gasteiger partial charge in [0.25, 0.3) is 5.56 Å². The third-order valence-electron chi connectivity index (χ3n) is 4.35. The van der Waals surface area contributed by atoms with Gasteiger partial charge in [0.15, 0.2) is 0 Å². The lowest BCUT2D eigenvalue weighted by Crippen LogP contribution is -2.24. The zero-order valence-electron chi connectivity index (χ0n) is 15.5. The molecule has 1 amide bonds. The van der Waals surface area contributed by atoms with Gasteiger partial charge in [-0.2, -0.15) is 0 Å². The average molecular weight is 385 g/mol. The molecule has 0 saturated heterocycles. The van der Waals surface area contributed by atoms with Gasteiger partial charge in [-0.05, 0) is 36.8 Å². The zero-order valence-corrected chi connectivity index (χ0v) is 16.2. The Bertz CT molecular complexity index is 1060. The number of para-hydroxylation sites is 1. The van der Waals surface area contributed by atoms with Crippen molar-refractivity contribution < 1.29 is 4.79 Å². The lowest BCUT2D eigenvalue weighted by molar-refractivity contribution is -0.116. The molecular weight excluding hydrogens is 364 g/mol. The Morgan fingerprint density at radius 1 is 1.26 bits per heavy atom. The van der Waals surface area contributed by atoms with E-state index in [1.165, 1.54) is 10.9 Å². The van der Waals surface area contributed by atoms with Crippen LogP contribution in [0, 0.1) is 6.92 Å². The summed E-state index contributed by atoms with van der Waals surface area (Å²) >= 11 is 6.04. The van der Waals surface area contributed by atoms with Gasteiger partial charge in [0.05, 0.1) is 28.6 Å². The van der Waals surface area contributed by atoms with Crippen molar-refractivity contribution in [3.63, 3.8) is 0 Å². The number of rotatable bonds is 5. The van der Waals surface area contributed by atoms with Crippen molar-refractivity contribution in [1.82, 2.24) is 9.55 Å². The molecule has 0 atom stereocenters. The molecule has 0 bridgehead atoms. The van der Waals surface area contributed by atoms with Crippen LogP contribution in [0.25, 0.3) is 10.9 Å².